The zero-order valence-electron chi connectivity index (χ0n) is 11.3. The molecule has 106 valence electrons. The molecule has 3 rings (SSSR count). The molecule has 1 atom stereocenters. The summed E-state index contributed by atoms with van der Waals surface area (Å²) in [5, 5.41) is 4.09. The van der Waals surface area contributed by atoms with E-state index >= 15 is 0 Å². The molecule has 2 aromatic rings. The van der Waals surface area contributed by atoms with Gasteiger partial charge in [-0.1, -0.05) is 18.6 Å². The number of para-hydroxylation sites is 1. The first-order valence-electron chi connectivity index (χ1n) is 6.96. The number of halogens is 2. The molecule has 0 radical (unpaired) electrons. The van der Waals surface area contributed by atoms with E-state index in [9.17, 15) is 8.78 Å². The largest absolute Gasteiger partial charge is 0.367 e. The zero-order chi connectivity index (χ0) is 14.1. The second-order valence-electron chi connectivity index (χ2n) is 5.37. The van der Waals surface area contributed by atoms with Crippen molar-refractivity contribution in [3.05, 3.63) is 30.1 Å². The maximum atomic E-state index is 12.9. The number of aromatic nitrogens is 2. The van der Waals surface area contributed by atoms with E-state index in [4.69, 9.17) is 0 Å². The molecule has 0 amide bonds. The second-order valence-corrected chi connectivity index (χ2v) is 5.37. The van der Waals surface area contributed by atoms with Gasteiger partial charge in [-0.05, 0) is 37.8 Å². The van der Waals surface area contributed by atoms with Crippen LogP contribution in [0, 0.1) is 5.92 Å². The van der Waals surface area contributed by atoms with Crippen molar-refractivity contribution >= 4 is 16.7 Å². The van der Waals surface area contributed by atoms with Crippen LogP contribution in [0.25, 0.3) is 10.9 Å². The number of rotatable bonds is 4. The average molecular weight is 277 g/mol. The van der Waals surface area contributed by atoms with E-state index in [1.807, 2.05) is 12.1 Å². The summed E-state index contributed by atoms with van der Waals surface area (Å²) < 4.78 is 25.8. The molecule has 1 aromatic heterocycles. The van der Waals surface area contributed by atoms with Crippen LogP contribution in [-0.4, -0.2) is 16.0 Å². The van der Waals surface area contributed by atoms with Crippen LogP contribution in [0.15, 0.2) is 24.3 Å². The summed E-state index contributed by atoms with van der Waals surface area (Å²) in [6.07, 6.45) is 0.987. The highest BCUT2D eigenvalue weighted by Gasteiger charge is 2.25. The van der Waals surface area contributed by atoms with Crippen molar-refractivity contribution < 1.29 is 8.78 Å². The molecule has 0 aliphatic heterocycles. The van der Waals surface area contributed by atoms with E-state index in [1.54, 1.807) is 12.1 Å². The van der Waals surface area contributed by atoms with Gasteiger partial charge in [-0.2, -0.15) is 0 Å². The number of nitrogens with zero attached hydrogens (tertiary/aromatic N) is 2. The van der Waals surface area contributed by atoms with Crippen LogP contribution in [0.5, 0.6) is 0 Å². The van der Waals surface area contributed by atoms with E-state index in [2.05, 4.69) is 22.2 Å². The average Bonchev–Trinajstić information content (AvgIpc) is 2.36. The van der Waals surface area contributed by atoms with Crippen molar-refractivity contribution in [2.24, 2.45) is 5.92 Å². The van der Waals surface area contributed by atoms with Crippen molar-refractivity contribution in [3.8, 4) is 0 Å². The van der Waals surface area contributed by atoms with Crippen LogP contribution in [0.2, 0.25) is 0 Å². The van der Waals surface area contributed by atoms with Gasteiger partial charge >= 0.3 is 0 Å². The minimum absolute atomic E-state index is 0.243. The van der Waals surface area contributed by atoms with Crippen molar-refractivity contribution in [1.82, 2.24) is 9.97 Å². The van der Waals surface area contributed by atoms with Gasteiger partial charge in [-0.3, -0.25) is 0 Å². The third-order valence-electron chi connectivity index (χ3n) is 4.04. The Morgan fingerprint density at radius 3 is 2.60 bits per heavy atom. The summed E-state index contributed by atoms with van der Waals surface area (Å²) in [5.41, 5.74) is 0.557. The van der Waals surface area contributed by atoms with Crippen LogP contribution in [0.4, 0.5) is 14.6 Å². The second kappa shape index (κ2) is 5.31. The number of fused-ring (bicyclic) bond motifs is 1. The summed E-state index contributed by atoms with van der Waals surface area (Å²) in [4.78, 5) is 7.93. The number of anilines is 1. The molecule has 0 spiro atoms. The molecule has 1 aromatic carbocycles. The van der Waals surface area contributed by atoms with E-state index < -0.39 is 12.2 Å². The number of nitrogens with one attached hydrogen (secondary N) is 1. The SMILES string of the molecule is CC(Nc1nc(C(F)F)nc2ccccc12)C1CCC1. The Balaban J connectivity index is 1.98. The van der Waals surface area contributed by atoms with Crippen LogP contribution in [0.1, 0.15) is 38.4 Å². The van der Waals surface area contributed by atoms with Gasteiger partial charge in [0.25, 0.3) is 6.43 Å². The molecule has 1 N–H and O–H groups in total. The van der Waals surface area contributed by atoms with Crippen LogP contribution in [0.3, 0.4) is 0 Å². The molecule has 1 aliphatic rings. The minimum Gasteiger partial charge on any atom is -0.367 e. The molecule has 5 heteroatoms. The zero-order valence-corrected chi connectivity index (χ0v) is 11.3. The van der Waals surface area contributed by atoms with Gasteiger partial charge in [-0.15, -0.1) is 0 Å². The van der Waals surface area contributed by atoms with Crippen LogP contribution < -0.4 is 5.32 Å². The highest BCUT2D eigenvalue weighted by molar-refractivity contribution is 5.89. The highest BCUT2D eigenvalue weighted by Crippen LogP contribution is 2.32. The Kier molecular flexibility index (Phi) is 3.51. The van der Waals surface area contributed by atoms with Gasteiger partial charge in [-0.25, -0.2) is 18.7 Å². The topological polar surface area (TPSA) is 37.8 Å². The van der Waals surface area contributed by atoms with Gasteiger partial charge in [0, 0.05) is 11.4 Å². The molecule has 1 heterocycles. The minimum atomic E-state index is -2.65. The number of alkyl halides is 2. The summed E-state index contributed by atoms with van der Waals surface area (Å²) in [5.74, 6) is 0.719. The van der Waals surface area contributed by atoms with Crippen LogP contribution >= 0.6 is 0 Å². The molecule has 3 nitrogen and oxygen atoms in total. The standard InChI is InChI=1S/C15H17F2N3/c1-9(10-5-4-6-10)18-14-11-7-2-3-8-12(11)19-15(20-14)13(16)17/h2-3,7-10,13H,4-6H2,1H3,(H,18,19,20). The first-order chi connectivity index (χ1) is 9.65. The molecule has 1 saturated carbocycles. The predicted molar refractivity (Wildman–Crippen MR) is 74.9 cm³/mol. The number of hydrogen-bond acceptors (Lipinski definition) is 3. The molecule has 20 heavy (non-hydrogen) atoms. The number of benzene rings is 1. The monoisotopic (exact) mass is 277 g/mol. The van der Waals surface area contributed by atoms with Gasteiger partial charge in [0.15, 0.2) is 5.82 Å². The molecule has 1 fully saturated rings. The van der Waals surface area contributed by atoms with Gasteiger partial charge in [0.1, 0.15) is 5.82 Å². The summed E-state index contributed by atoms with van der Waals surface area (Å²) in [6, 6.07) is 7.51. The summed E-state index contributed by atoms with van der Waals surface area (Å²) in [7, 11) is 0. The molecule has 1 unspecified atom stereocenters. The quantitative estimate of drug-likeness (QED) is 0.911. The van der Waals surface area contributed by atoms with E-state index in [0.717, 1.165) is 5.39 Å². The lowest BCUT2D eigenvalue weighted by atomic mass is 9.80. The van der Waals surface area contributed by atoms with Crippen molar-refractivity contribution in [1.29, 1.82) is 0 Å². The lowest BCUT2D eigenvalue weighted by Gasteiger charge is -2.32. The molecular weight excluding hydrogens is 260 g/mol. The smallest absolute Gasteiger partial charge is 0.297 e. The van der Waals surface area contributed by atoms with Gasteiger partial charge < -0.3 is 5.32 Å². The predicted octanol–water partition coefficient (Wildman–Crippen LogP) is 4.17. The first kappa shape index (κ1) is 13.2. The summed E-state index contributed by atoms with van der Waals surface area (Å²) >= 11 is 0. The maximum absolute atomic E-state index is 12.9. The fraction of sp³-hybridized carbons (Fsp3) is 0.467. The molecular formula is C15H17F2N3. The Morgan fingerprint density at radius 2 is 1.95 bits per heavy atom. The summed E-state index contributed by atoms with van der Waals surface area (Å²) in [6.45, 7) is 2.09. The van der Waals surface area contributed by atoms with E-state index in [0.29, 0.717) is 17.3 Å². The lowest BCUT2D eigenvalue weighted by molar-refractivity contribution is 0.141. The number of hydrogen-bond donors (Lipinski definition) is 1. The molecule has 0 bridgehead atoms. The molecule has 1 aliphatic carbocycles. The first-order valence-corrected chi connectivity index (χ1v) is 6.96. The Morgan fingerprint density at radius 1 is 1.20 bits per heavy atom. The lowest BCUT2D eigenvalue weighted by Crippen LogP contribution is -2.31. The maximum Gasteiger partial charge on any atom is 0.297 e. The highest BCUT2D eigenvalue weighted by atomic mass is 19.3. The Labute approximate surface area is 116 Å². The van der Waals surface area contributed by atoms with Crippen molar-refractivity contribution in [3.63, 3.8) is 0 Å². The normalized spacial score (nSPS) is 17.2. The van der Waals surface area contributed by atoms with Crippen molar-refractivity contribution in [2.45, 2.75) is 38.7 Å². The Hall–Kier alpha value is -1.78. The van der Waals surface area contributed by atoms with Gasteiger partial charge in [0.2, 0.25) is 0 Å². The third kappa shape index (κ3) is 2.44. The van der Waals surface area contributed by atoms with Crippen molar-refractivity contribution in [2.75, 3.05) is 5.32 Å². The fourth-order valence-electron chi connectivity index (χ4n) is 2.58. The van der Waals surface area contributed by atoms with E-state index in [-0.39, 0.29) is 6.04 Å². The molecule has 0 saturated heterocycles. The third-order valence-corrected chi connectivity index (χ3v) is 4.04. The Bertz CT molecular complexity index is 611. The van der Waals surface area contributed by atoms with Gasteiger partial charge in [0.05, 0.1) is 5.52 Å². The van der Waals surface area contributed by atoms with Crippen LogP contribution in [-0.2, 0) is 0 Å². The fourth-order valence-corrected chi connectivity index (χ4v) is 2.58. The van der Waals surface area contributed by atoms with E-state index in [1.165, 1.54) is 19.3 Å².